The van der Waals surface area contributed by atoms with E-state index in [0.29, 0.717) is 16.8 Å². The van der Waals surface area contributed by atoms with E-state index >= 15 is 0 Å². The molecular weight excluding hydrogens is 453 g/mol. The van der Waals surface area contributed by atoms with Gasteiger partial charge in [0, 0.05) is 4.47 Å². The highest BCUT2D eigenvalue weighted by molar-refractivity contribution is 14.2. The summed E-state index contributed by atoms with van der Waals surface area (Å²) >= 11 is 5.89. The van der Waals surface area contributed by atoms with Gasteiger partial charge in [-0.25, -0.2) is 4.68 Å². The summed E-state index contributed by atoms with van der Waals surface area (Å²) in [6, 6.07) is 5.50. The Morgan fingerprint density at radius 2 is 2.20 bits per heavy atom. The zero-order chi connectivity index (χ0) is 14.8. The smallest absolute Gasteiger partial charge is 0.267 e. The number of fused-ring (bicyclic) bond motifs is 1. The number of unbranched alkanes of at least 4 members (excludes halogenated alkanes) is 1. The molecule has 0 aliphatic carbocycles. The summed E-state index contributed by atoms with van der Waals surface area (Å²) in [6.07, 6.45) is 4.61. The Morgan fingerprint density at radius 1 is 1.45 bits per heavy atom. The molecule has 0 radical (unpaired) electrons. The Labute approximate surface area is 140 Å². The third-order valence-corrected chi connectivity index (χ3v) is 7.57. The molecule has 0 amide bonds. The van der Waals surface area contributed by atoms with Crippen molar-refractivity contribution in [3.8, 4) is 0 Å². The molecular formula is C13H17BrIN3OS. The lowest BCUT2D eigenvalue weighted by Crippen LogP contribution is -2.26. The van der Waals surface area contributed by atoms with Crippen LogP contribution in [0.2, 0.25) is 0 Å². The van der Waals surface area contributed by atoms with Crippen molar-refractivity contribution >= 4 is 55.2 Å². The minimum atomic E-state index is -0.879. The summed E-state index contributed by atoms with van der Waals surface area (Å²) in [7, 11) is -0.879. The molecule has 1 aromatic heterocycles. The van der Waals surface area contributed by atoms with Crippen molar-refractivity contribution in [3.05, 3.63) is 33.0 Å². The molecule has 0 spiro atoms. The molecule has 1 atom stereocenters. The summed E-state index contributed by atoms with van der Waals surface area (Å²) in [6.45, 7) is 2.19. The number of benzene rings is 1. The molecule has 0 saturated carbocycles. The molecule has 7 heteroatoms. The molecule has 0 bridgehead atoms. The third kappa shape index (κ3) is 3.94. The average Bonchev–Trinajstić information content (AvgIpc) is 2.40. The van der Waals surface area contributed by atoms with E-state index < -0.39 is 7.20 Å². The van der Waals surface area contributed by atoms with Crippen LogP contribution in [-0.2, 0) is 5.88 Å². The van der Waals surface area contributed by atoms with Crippen LogP contribution in [0.3, 0.4) is 0 Å². The van der Waals surface area contributed by atoms with Crippen molar-refractivity contribution in [2.45, 2.75) is 25.6 Å². The maximum atomic E-state index is 12.5. The van der Waals surface area contributed by atoms with E-state index in [1.54, 1.807) is 0 Å². The van der Waals surface area contributed by atoms with Gasteiger partial charge in [-0.05, 0) is 57.8 Å². The summed E-state index contributed by atoms with van der Waals surface area (Å²) in [4.78, 5) is 12.5. The number of hydrogen-bond acceptors (Lipinski definition) is 3. The highest BCUT2D eigenvalue weighted by Gasteiger charge is 2.17. The van der Waals surface area contributed by atoms with Gasteiger partial charge in [-0.1, -0.05) is 34.5 Å². The molecule has 110 valence electrons. The van der Waals surface area contributed by atoms with Crippen molar-refractivity contribution in [2.75, 3.05) is 12.0 Å². The van der Waals surface area contributed by atoms with Crippen LogP contribution >= 0.6 is 44.3 Å². The van der Waals surface area contributed by atoms with E-state index in [9.17, 15) is 4.79 Å². The minimum absolute atomic E-state index is 0.0526. The molecule has 1 heterocycles. The van der Waals surface area contributed by atoms with Gasteiger partial charge in [-0.15, -0.1) is 5.10 Å². The molecule has 0 aliphatic rings. The van der Waals surface area contributed by atoms with Crippen LogP contribution < -0.4 is 5.56 Å². The van der Waals surface area contributed by atoms with Gasteiger partial charge >= 0.3 is 0 Å². The van der Waals surface area contributed by atoms with E-state index in [1.807, 2.05) is 18.2 Å². The first-order valence-corrected chi connectivity index (χ1v) is 12.1. The van der Waals surface area contributed by atoms with Gasteiger partial charge in [0.1, 0.15) is 5.52 Å². The lowest BCUT2D eigenvalue weighted by Gasteiger charge is -2.28. The Morgan fingerprint density at radius 3 is 2.90 bits per heavy atom. The highest BCUT2D eigenvalue weighted by Crippen LogP contribution is 2.54. The predicted molar refractivity (Wildman–Crippen MR) is 98.8 cm³/mol. The fourth-order valence-corrected chi connectivity index (χ4v) is 5.68. The van der Waals surface area contributed by atoms with Gasteiger partial charge in [0.15, 0.2) is 0 Å². The number of aromatic nitrogens is 3. The van der Waals surface area contributed by atoms with E-state index in [4.69, 9.17) is 0 Å². The normalized spacial score (nSPS) is 16.0. The van der Waals surface area contributed by atoms with Crippen molar-refractivity contribution in [2.24, 2.45) is 0 Å². The molecule has 1 aromatic carbocycles. The monoisotopic (exact) mass is 469 g/mol. The first-order valence-electron chi connectivity index (χ1n) is 6.39. The molecule has 0 fully saturated rings. The minimum Gasteiger partial charge on any atom is -0.267 e. The standard InChI is InChI=1S/C13H17BrIN3OS/c1-3-4-7-20(2,15)9-18-13(19)11-8-10(14)5-6-12(11)16-17-18/h5-6,8H,3-4,7,9H2,1-2H3. The van der Waals surface area contributed by atoms with Gasteiger partial charge in [-0.2, -0.15) is 7.20 Å². The van der Waals surface area contributed by atoms with Crippen LogP contribution in [0.5, 0.6) is 0 Å². The fraction of sp³-hybridized carbons (Fsp3) is 0.462. The second-order valence-corrected chi connectivity index (χ2v) is 15.2. The van der Waals surface area contributed by atoms with E-state index in [-0.39, 0.29) is 5.56 Å². The van der Waals surface area contributed by atoms with Crippen molar-refractivity contribution in [1.82, 2.24) is 15.0 Å². The van der Waals surface area contributed by atoms with Crippen LogP contribution in [0.25, 0.3) is 10.9 Å². The zero-order valence-electron chi connectivity index (χ0n) is 11.5. The van der Waals surface area contributed by atoms with E-state index in [1.165, 1.54) is 17.5 Å². The number of rotatable bonds is 5. The molecule has 2 rings (SSSR count). The maximum Gasteiger partial charge on any atom is 0.278 e. The summed E-state index contributed by atoms with van der Waals surface area (Å²) in [5, 5.41) is 8.86. The second kappa shape index (κ2) is 6.74. The van der Waals surface area contributed by atoms with Gasteiger partial charge in [0.05, 0.1) is 11.3 Å². The Hall–Kier alpha value is -0.150. The van der Waals surface area contributed by atoms with Crippen molar-refractivity contribution in [1.29, 1.82) is 0 Å². The average molecular weight is 470 g/mol. The maximum absolute atomic E-state index is 12.5. The van der Waals surface area contributed by atoms with Gasteiger partial charge in [-0.3, -0.25) is 4.79 Å². The van der Waals surface area contributed by atoms with Gasteiger partial charge in [0.2, 0.25) is 0 Å². The predicted octanol–water partition coefficient (Wildman–Crippen LogP) is 4.10. The topological polar surface area (TPSA) is 47.8 Å². The van der Waals surface area contributed by atoms with Crippen LogP contribution in [0.4, 0.5) is 0 Å². The number of nitrogens with zero attached hydrogens (tertiary/aromatic N) is 3. The molecule has 0 aliphatic heterocycles. The quantitative estimate of drug-likeness (QED) is 0.619. The fourth-order valence-electron chi connectivity index (χ4n) is 1.90. The molecule has 20 heavy (non-hydrogen) atoms. The van der Waals surface area contributed by atoms with Crippen LogP contribution in [-0.4, -0.2) is 27.0 Å². The Kier molecular flexibility index (Phi) is 5.47. The first kappa shape index (κ1) is 16.2. The Balaban J connectivity index is 2.36. The van der Waals surface area contributed by atoms with Crippen molar-refractivity contribution in [3.63, 3.8) is 0 Å². The molecule has 4 nitrogen and oxygen atoms in total. The van der Waals surface area contributed by atoms with Crippen molar-refractivity contribution < 1.29 is 0 Å². The first-order chi connectivity index (χ1) is 9.43. The molecule has 0 saturated heterocycles. The lowest BCUT2D eigenvalue weighted by molar-refractivity contribution is 0.642. The van der Waals surface area contributed by atoms with Crippen LogP contribution in [0, 0.1) is 0 Å². The number of halogens is 2. The van der Waals surface area contributed by atoms with Crippen LogP contribution in [0.15, 0.2) is 27.5 Å². The summed E-state index contributed by atoms with van der Waals surface area (Å²) in [5.41, 5.74) is 0.594. The lowest BCUT2D eigenvalue weighted by atomic mass is 10.2. The second-order valence-electron chi connectivity index (χ2n) is 4.90. The van der Waals surface area contributed by atoms with Gasteiger partial charge < -0.3 is 0 Å². The molecule has 0 N–H and O–H groups in total. The Bertz CT molecular complexity index is 674. The van der Waals surface area contributed by atoms with E-state index in [0.717, 1.165) is 10.2 Å². The van der Waals surface area contributed by atoms with Gasteiger partial charge in [0.25, 0.3) is 5.56 Å². The largest absolute Gasteiger partial charge is 0.278 e. The zero-order valence-corrected chi connectivity index (χ0v) is 16.0. The molecule has 1 unspecified atom stereocenters. The highest BCUT2D eigenvalue weighted by atomic mass is 127. The number of hydrogen-bond donors (Lipinski definition) is 0. The SMILES string of the molecule is CCCCS(C)(I)Cn1nnc2ccc(Br)cc2c1=O. The van der Waals surface area contributed by atoms with Crippen LogP contribution in [0.1, 0.15) is 19.8 Å². The molecule has 2 aromatic rings. The summed E-state index contributed by atoms with van der Waals surface area (Å²) < 4.78 is 2.41. The van der Waals surface area contributed by atoms with E-state index in [2.05, 4.69) is 60.6 Å². The summed E-state index contributed by atoms with van der Waals surface area (Å²) in [5.74, 6) is 1.82. The third-order valence-electron chi connectivity index (χ3n) is 3.00.